The Bertz CT molecular complexity index is 679. The van der Waals surface area contributed by atoms with Gasteiger partial charge in [-0.25, -0.2) is 4.79 Å². The fraction of sp³-hybridized carbons (Fsp3) is 0.176. The van der Waals surface area contributed by atoms with E-state index in [1.54, 1.807) is 43.4 Å². The van der Waals surface area contributed by atoms with Crippen LogP contribution in [0.2, 0.25) is 0 Å². The second-order valence-corrected chi connectivity index (χ2v) is 5.18. The van der Waals surface area contributed by atoms with Crippen LogP contribution in [0.25, 0.3) is 0 Å². The maximum absolute atomic E-state index is 12.2. The summed E-state index contributed by atoms with van der Waals surface area (Å²) in [6.45, 7) is 0. The van der Waals surface area contributed by atoms with E-state index in [0.717, 1.165) is 5.69 Å². The summed E-state index contributed by atoms with van der Waals surface area (Å²) in [7, 11) is 5.44. The van der Waals surface area contributed by atoms with Gasteiger partial charge in [0.25, 0.3) is 5.91 Å². The van der Waals surface area contributed by atoms with E-state index >= 15 is 0 Å². The molecule has 6 nitrogen and oxygen atoms in total. The van der Waals surface area contributed by atoms with E-state index in [9.17, 15) is 9.59 Å². The van der Waals surface area contributed by atoms with Crippen molar-refractivity contribution < 1.29 is 9.59 Å². The number of benzene rings is 2. The van der Waals surface area contributed by atoms with Crippen LogP contribution in [-0.2, 0) is 0 Å². The van der Waals surface area contributed by atoms with Gasteiger partial charge in [-0.1, -0.05) is 0 Å². The first-order valence-corrected chi connectivity index (χ1v) is 7.17. The molecule has 2 rings (SSSR count). The zero-order chi connectivity index (χ0) is 16.8. The lowest BCUT2D eigenvalue weighted by Gasteiger charge is -2.12. The van der Waals surface area contributed by atoms with Gasteiger partial charge in [0, 0.05) is 43.8 Å². The van der Waals surface area contributed by atoms with Crippen LogP contribution >= 0.6 is 0 Å². The molecule has 23 heavy (non-hydrogen) atoms. The van der Waals surface area contributed by atoms with Crippen molar-refractivity contribution in [3.05, 3.63) is 54.1 Å². The smallest absolute Gasteiger partial charge is 0.318 e. The quantitative estimate of drug-likeness (QED) is 0.813. The van der Waals surface area contributed by atoms with Gasteiger partial charge in [-0.15, -0.1) is 0 Å². The minimum absolute atomic E-state index is 0.178. The lowest BCUT2D eigenvalue weighted by molar-refractivity contribution is 0.102. The topological polar surface area (TPSA) is 73.5 Å². The first-order chi connectivity index (χ1) is 11.0. The number of carbonyl (C=O) groups is 2. The summed E-state index contributed by atoms with van der Waals surface area (Å²) in [5.41, 5.74) is 2.93. The van der Waals surface area contributed by atoms with Crippen LogP contribution in [0, 0.1) is 0 Å². The van der Waals surface area contributed by atoms with Crippen molar-refractivity contribution in [3.8, 4) is 0 Å². The van der Waals surface area contributed by atoms with Crippen LogP contribution in [0.4, 0.5) is 21.9 Å². The number of carbonyl (C=O) groups excluding carboxylic acids is 2. The van der Waals surface area contributed by atoms with E-state index in [1.165, 1.54) is 0 Å². The third kappa shape index (κ3) is 4.47. The Morgan fingerprint density at radius 2 is 1.35 bits per heavy atom. The molecule has 2 aromatic rings. The number of hydrogen-bond donors (Lipinski definition) is 3. The molecular formula is C17H20N4O2. The van der Waals surface area contributed by atoms with E-state index < -0.39 is 0 Å². The monoisotopic (exact) mass is 312 g/mol. The molecule has 0 aliphatic rings. The third-order valence-electron chi connectivity index (χ3n) is 3.27. The van der Waals surface area contributed by atoms with Gasteiger partial charge in [-0.2, -0.15) is 0 Å². The van der Waals surface area contributed by atoms with Crippen molar-refractivity contribution >= 4 is 29.0 Å². The SMILES string of the molecule is CNC(=O)Nc1ccc(NC(=O)c2ccc(N(C)C)cc2)cc1. The predicted octanol–water partition coefficient (Wildman–Crippen LogP) is 2.76. The second kappa shape index (κ2) is 7.31. The molecule has 120 valence electrons. The molecule has 3 N–H and O–H groups in total. The first kappa shape index (κ1) is 16.4. The van der Waals surface area contributed by atoms with Gasteiger partial charge in [-0.05, 0) is 48.5 Å². The van der Waals surface area contributed by atoms with E-state index in [2.05, 4.69) is 16.0 Å². The number of urea groups is 1. The summed E-state index contributed by atoms with van der Waals surface area (Å²) in [6, 6.07) is 14.0. The van der Waals surface area contributed by atoms with Crippen molar-refractivity contribution in [1.82, 2.24) is 5.32 Å². The largest absolute Gasteiger partial charge is 0.378 e. The van der Waals surface area contributed by atoms with Gasteiger partial charge in [0.05, 0.1) is 0 Å². The highest BCUT2D eigenvalue weighted by Crippen LogP contribution is 2.16. The third-order valence-corrected chi connectivity index (χ3v) is 3.27. The zero-order valence-electron chi connectivity index (χ0n) is 13.4. The fourth-order valence-corrected chi connectivity index (χ4v) is 1.94. The summed E-state index contributed by atoms with van der Waals surface area (Å²) in [5.74, 6) is -0.178. The molecule has 0 unspecified atom stereocenters. The number of nitrogens with one attached hydrogen (secondary N) is 3. The minimum Gasteiger partial charge on any atom is -0.378 e. The first-order valence-electron chi connectivity index (χ1n) is 7.17. The lowest BCUT2D eigenvalue weighted by Crippen LogP contribution is -2.24. The Labute approximate surface area is 135 Å². The standard InChI is InChI=1S/C17H20N4O2/c1-18-17(23)20-14-8-6-13(7-9-14)19-16(22)12-4-10-15(11-5-12)21(2)3/h4-11H,1-3H3,(H,19,22)(H2,18,20,23). The van der Waals surface area contributed by atoms with Gasteiger partial charge in [0.15, 0.2) is 0 Å². The molecule has 0 atom stereocenters. The summed E-state index contributed by atoms with van der Waals surface area (Å²) in [5, 5.41) is 7.94. The number of amides is 3. The average Bonchev–Trinajstić information content (AvgIpc) is 2.56. The Morgan fingerprint density at radius 1 is 0.826 bits per heavy atom. The Hall–Kier alpha value is -3.02. The molecule has 0 aliphatic carbocycles. The van der Waals surface area contributed by atoms with Gasteiger partial charge in [0.1, 0.15) is 0 Å². The van der Waals surface area contributed by atoms with Crippen LogP contribution in [0.15, 0.2) is 48.5 Å². The molecular weight excluding hydrogens is 292 g/mol. The molecule has 6 heteroatoms. The second-order valence-electron chi connectivity index (χ2n) is 5.18. The van der Waals surface area contributed by atoms with Crippen molar-refractivity contribution in [1.29, 1.82) is 0 Å². The van der Waals surface area contributed by atoms with Crippen molar-refractivity contribution in [2.45, 2.75) is 0 Å². The highest BCUT2D eigenvalue weighted by Gasteiger charge is 2.07. The normalized spacial score (nSPS) is 9.87. The average molecular weight is 312 g/mol. The van der Waals surface area contributed by atoms with Crippen LogP contribution in [0.1, 0.15) is 10.4 Å². The van der Waals surface area contributed by atoms with Crippen LogP contribution in [-0.4, -0.2) is 33.1 Å². The molecule has 0 saturated carbocycles. The van der Waals surface area contributed by atoms with Gasteiger partial charge >= 0.3 is 6.03 Å². The molecule has 0 heterocycles. The molecule has 0 radical (unpaired) electrons. The zero-order valence-corrected chi connectivity index (χ0v) is 13.4. The van der Waals surface area contributed by atoms with Gasteiger partial charge < -0.3 is 20.9 Å². The van der Waals surface area contributed by atoms with Crippen molar-refractivity contribution in [2.24, 2.45) is 0 Å². The Morgan fingerprint density at radius 3 is 1.83 bits per heavy atom. The summed E-state index contributed by atoms with van der Waals surface area (Å²) >= 11 is 0. The van der Waals surface area contributed by atoms with Gasteiger partial charge in [-0.3, -0.25) is 4.79 Å². The maximum atomic E-state index is 12.2. The molecule has 0 fully saturated rings. The molecule has 0 spiro atoms. The molecule has 0 saturated heterocycles. The van der Waals surface area contributed by atoms with Gasteiger partial charge in [0.2, 0.25) is 0 Å². The predicted molar refractivity (Wildman–Crippen MR) is 93.2 cm³/mol. The van der Waals surface area contributed by atoms with E-state index in [4.69, 9.17) is 0 Å². The summed E-state index contributed by atoms with van der Waals surface area (Å²) < 4.78 is 0. The van der Waals surface area contributed by atoms with E-state index in [-0.39, 0.29) is 11.9 Å². The molecule has 3 amide bonds. The fourth-order valence-electron chi connectivity index (χ4n) is 1.94. The molecule has 2 aromatic carbocycles. The molecule has 0 bridgehead atoms. The minimum atomic E-state index is -0.289. The Kier molecular flexibility index (Phi) is 5.19. The highest BCUT2D eigenvalue weighted by atomic mass is 16.2. The lowest BCUT2D eigenvalue weighted by atomic mass is 10.2. The molecule has 0 aromatic heterocycles. The number of nitrogens with zero attached hydrogens (tertiary/aromatic N) is 1. The maximum Gasteiger partial charge on any atom is 0.318 e. The van der Waals surface area contributed by atoms with Crippen molar-refractivity contribution in [2.75, 3.05) is 36.7 Å². The van der Waals surface area contributed by atoms with Crippen LogP contribution < -0.4 is 20.9 Å². The summed E-state index contributed by atoms with van der Waals surface area (Å²) in [6.07, 6.45) is 0. The highest BCUT2D eigenvalue weighted by molar-refractivity contribution is 6.04. The van der Waals surface area contributed by atoms with E-state index in [0.29, 0.717) is 16.9 Å². The van der Waals surface area contributed by atoms with Crippen molar-refractivity contribution in [3.63, 3.8) is 0 Å². The molecule has 0 aliphatic heterocycles. The number of rotatable bonds is 4. The Balaban J connectivity index is 2.01. The van der Waals surface area contributed by atoms with E-state index in [1.807, 2.05) is 31.1 Å². The number of hydrogen-bond acceptors (Lipinski definition) is 3. The van der Waals surface area contributed by atoms with Crippen LogP contribution in [0.5, 0.6) is 0 Å². The summed E-state index contributed by atoms with van der Waals surface area (Å²) in [4.78, 5) is 25.4. The number of anilines is 3. The van der Waals surface area contributed by atoms with Crippen LogP contribution in [0.3, 0.4) is 0 Å².